The zero-order valence-corrected chi connectivity index (χ0v) is 13.8. The van der Waals surface area contributed by atoms with E-state index in [9.17, 15) is 8.42 Å². The van der Waals surface area contributed by atoms with E-state index in [1.807, 2.05) is 36.0 Å². The normalized spacial score (nSPS) is 17.8. The van der Waals surface area contributed by atoms with Crippen molar-refractivity contribution in [2.45, 2.75) is 11.3 Å². The Hall–Kier alpha value is -0.370. The maximum Gasteiger partial charge on any atom is 0.214 e. The van der Waals surface area contributed by atoms with Gasteiger partial charge in [-0.1, -0.05) is 12.1 Å². The molecule has 0 unspecified atom stereocenters. The summed E-state index contributed by atoms with van der Waals surface area (Å²) in [5.74, 6) is 2.68. The van der Waals surface area contributed by atoms with E-state index in [0.29, 0.717) is 24.5 Å². The van der Waals surface area contributed by atoms with Crippen molar-refractivity contribution in [1.82, 2.24) is 4.31 Å². The predicted molar refractivity (Wildman–Crippen MR) is 88.9 cm³/mol. The first-order valence-electron chi connectivity index (χ1n) is 6.62. The molecule has 20 heavy (non-hydrogen) atoms. The minimum Gasteiger partial charge on any atom is -0.398 e. The first kappa shape index (κ1) is 16.0. The van der Waals surface area contributed by atoms with E-state index < -0.39 is 10.0 Å². The third kappa shape index (κ3) is 4.58. The highest BCUT2D eigenvalue weighted by atomic mass is 32.2. The Morgan fingerprint density at radius 2 is 2.05 bits per heavy atom. The molecule has 1 aliphatic heterocycles. The molecule has 0 aliphatic carbocycles. The van der Waals surface area contributed by atoms with Crippen LogP contribution in [0.4, 0.5) is 5.69 Å². The fraction of sp³-hybridized carbons (Fsp3) is 0.538. The SMILES string of the molecule is Nc1ccccc1SCCS(=O)(=O)N1CCCSCC1. The highest BCUT2D eigenvalue weighted by Gasteiger charge is 2.22. The van der Waals surface area contributed by atoms with Gasteiger partial charge in [0.05, 0.1) is 5.75 Å². The van der Waals surface area contributed by atoms with Crippen LogP contribution in [0.15, 0.2) is 29.2 Å². The lowest BCUT2D eigenvalue weighted by molar-refractivity contribution is 0.436. The van der Waals surface area contributed by atoms with Gasteiger partial charge in [0.15, 0.2) is 0 Å². The average molecular weight is 333 g/mol. The summed E-state index contributed by atoms with van der Waals surface area (Å²) in [6.07, 6.45) is 0.947. The molecule has 1 saturated heterocycles. The molecule has 7 heteroatoms. The van der Waals surface area contributed by atoms with Crippen molar-refractivity contribution >= 4 is 39.2 Å². The summed E-state index contributed by atoms with van der Waals surface area (Å²) in [6.45, 7) is 1.30. The number of rotatable bonds is 5. The Kier molecular flexibility index (Phi) is 6.07. The molecule has 0 bridgehead atoms. The summed E-state index contributed by atoms with van der Waals surface area (Å²) < 4.78 is 26.2. The molecule has 2 rings (SSSR count). The molecular weight excluding hydrogens is 312 g/mol. The number of nitrogens with zero attached hydrogens (tertiary/aromatic N) is 1. The number of para-hydroxylation sites is 1. The lowest BCUT2D eigenvalue weighted by Crippen LogP contribution is -2.35. The molecule has 112 valence electrons. The second kappa shape index (κ2) is 7.59. The Labute approximate surface area is 129 Å². The van der Waals surface area contributed by atoms with Crippen LogP contribution in [0.5, 0.6) is 0 Å². The number of sulfonamides is 1. The van der Waals surface area contributed by atoms with Crippen molar-refractivity contribution < 1.29 is 8.42 Å². The number of hydrogen-bond acceptors (Lipinski definition) is 5. The van der Waals surface area contributed by atoms with Gasteiger partial charge in [0, 0.05) is 35.2 Å². The zero-order valence-electron chi connectivity index (χ0n) is 11.3. The van der Waals surface area contributed by atoms with Gasteiger partial charge in [-0.25, -0.2) is 12.7 Å². The van der Waals surface area contributed by atoms with Crippen molar-refractivity contribution in [2.24, 2.45) is 0 Å². The van der Waals surface area contributed by atoms with Crippen molar-refractivity contribution in [3.05, 3.63) is 24.3 Å². The van der Waals surface area contributed by atoms with E-state index in [1.54, 1.807) is 4.31 Å². The van der Waals surface area contributed by atoms with Gasteiger partial charge in [-0.15, -0.1) is 11.8 Å². The van der Waals surface area contributed by atoms with Crippen LogP contribution in [0.25, 0.3) is 0 Å². The quantitative estimate of drug-likeness (QED) is 0.661. The molecule has 1 heterocycles. The van der Waals surface area contributed by atoms with E-state index >= 15 is 0 Å². The molecule has 1 fully saturated rings. The molecule has 0 saturated carbocycles. The number of hydrogen-bond donors (Lipinski definition) is 1. The lowest BCUT2D eigenvalue weighted by Gasteiger charge is -2.19. The Balaban J connectivity index is 1.87. The number of nitrogen functional groups attached to an aromatic ring is 1. The fourth-order valence-corrected chi connectivity index (χ4v) is 5.84. The van der Waals surface area contributed by atoms with Crippen LogP contribution < -0.4 is 5.73 Å². The number of anilines is 1. The van der Waals surface area contributed by atoms with Gasteiger partial charge < -0.3 is 5.73 Å². The second-order valence-electron chi connectivity index (χ2n) is 4.57. The summed E-state index contributed by atoms with van der Waals surface area (Å²) >= 11 is 3.34. The second-order valence-corrected chi connectivity index (χ2v) is 9.02. The average Bonchev–Trinajstić information content (AvgIpc) is 2.70. The summed E-state index contributed by atoms with van der Waals surface area (Å²) in [5.41, 5.74) is 6.56. The van der Waals surface area contributed by atoms with Gasteiger partial charge in [0.2, 0.25) is 10.0 Å². The maximum absolute atomic E-state index is 12.3. The van der Waals surface area contributed by atoms with Crippen LogP contribution in [-0.2, 0) is 10.0 Å². The minimum atomic E-state index is -3.13. The lowest BCUT2D eigenvalue weighted by atomic mass is 10.3. The van der Waals surface area contributed by atoms with Gasteiger partial charge in [-0.2, -0.15) is 11.8 Å². The molecule has 1 aromatic rings. The molecule has 1 aliphatic rings. The van der Waals surface area contributed by atoms with E-state index in [-0.39, 0.29) is 5.75 Å². The van der Waals surface area contributed by atoms with Crippen molar-refractivity contribution in [3.63, 3.8) is 0 Å². The number of benzene rings is 1. The van der Waals surface area contributed by atoms with Gasteiger partial charge >= 0.3 is 0 Å². The van der Waals surface area contributed by atoms with Gasteiger partial charge in [-0.3, -0.25) is 0 Å². The molecule has 0 spiro atoms. The summed E-state index contributed by atoms with van der Waals surface area (Å²) in [4.78, 5) is 0.953. The number of nitrogens with two attached hydrogens (primary N) is 1. The van der Waals surface area contributed by atoms with Crippen LogP contribution in [0.2, 0.25) is 0 Å². The van der Waals surface area contributed by atoms with Gasteiger partial charge in [-0.05, 0) is 24.3 Å². The third-order valence-electron chi connectivity index (χ3n) is 3.09. The van der Waals surface area contributed by atoms with E-state index in [0.717, 1.165) is 22.8 Å². The van der Waals surface area contributed by atoms with Crippen molar-refractivity contribution in [1.29, 1.82) is 0 Å². The Bertz CT molecular complexity index is 526. The Morgan fingerprint density at radius 3 is 2.85 bits per heavy atom. The van der Waals surface area contributed by atoms with Gasteiger partial charge in [0.1, 0.15) is 0 Å². The van der Waals surface area contributed by atoms with Crippen molar-refractivity contribution in [3.8, 4) is 0 Å². The molecule has 0 aromatic heterocycles. The molecule has 2 N–H and O–H groups in total. The zero-order chi connectivity index (χ0) is 14.4. The summed E-state index contributed by atoms with van der Waals surface area (Å²) in [7, 11) is -3.13. The molecular formula is C13H20N2O2S3. The monoisotopic (exact) mass is 332 g/mol. The molecule has 0 radical (unpaired) electrons. The molecule has 0 amide bonds. The molecule has 1 aromatic carbocycles. The van der Waals surface area contributed by atoms with Crippen LogP contribution >= 0.6 is 23.5 Å². The number of thioether (sulfide) groups is 2. The van der Waals surface area contributed by atoms with E-state index in [2.05, 4.69) is 0 Å². The minimum absolute atomic E-state index is 0.177. The third-order valence-corrected chi connectivity index (χ3v) is 7.36. The van der Waals surface area contributed by atoms with E-state index in [1.165, 1.54) is 11.8 Å². The Morgan fingerprint density at radius 1 is 1.25 bits per heavy atom. The largest absolute Gasteiger partial charge is 0.398 e. The maximum atomic E-state index is 12.3. The van der Waals surface area contributed by atoms with Crippen LogP contribution in [0.1, 0.15) is 6.42 Å². The van der Waals surface area contributed by atoms with Gasteiger partial charge in [0.25, 0.3) is 0 Å². The van der Waals surface area contributed by atoms with Crippen LogP contribution in [-0.4, -0.2) is 48.8 Å². The standard InChI is InChI=1S/C13H20N2O2S3/c14-12-4-1-2-5-13(12)19-10-11-20(16,17)15-6-3-8-18-9-7-15/h1-2,4-5H,3,6-11,14H2. The topological polar surface area (TPSA) is 63.4 Å². The fourth-order valence-electron chi connectivity index (χ4n) is 2.00. The van der Waals surface area contributed by atoms with Crippen LogP contribution in [0.3, 0.4) is 0 Å². The highest BCUT2D eigenvalue weighted by molar-refractivity contribution is 8.00. The first-order valence-corrected chi connectivity index (χ1v) is 10.4. The van der Waals surface area contributed by atoms with Crippen molar-refractivity contribution in [2.75, 3.05) is 41.8 Å². The highest BCUT2D eigenvalue weighted by Crippen LogP contribution is 2.25. The van der Waals surface area contributed by atoms with Crippen LogP contribution in [0, 0.1) is 0 Å². The first-order chi connectivity index (χ1) is 9.59. The van der Waals surface area contributed by atoms with E-state index in [4.69, 9.17) is 5.73 Å². The summed E-state index contributed by atoms with van der Waals surface area (Å²) in [5, 5.41) is 0. The molecule has 0 atom stereocenters. The molecule has 4 nitrogen and oxygen atoms in total. The summed E-state index contributed by atoms with van der Waals surface area (Å²) in [6, 6.07) is 7.56. The predicted octanol–water partition coefficient (Wildman–Crippen LogP) is 2.13. The smallest absolute Gasteiger partial charge is 0.214 e.